The van der Waals surface area contributed by atoms with Gasteiger partial charge in [-0.15, -0.1) is 24.8 Å². The van der Waals surface area contributed by atoms with E-state index in [0.29, 0.717) is 0 Å². The maximum Gasteiger partial charge on any atom is 0.234 e. The lowest BCUT2D eigenvalue weighted by Crippen LogP contribution is -2.36. The van der Waals surface area contributed by atoms with Crippen LogP contribution in [0.25, 0.3) is 0 Å². The van der Waals surface area contributed by atoms with Gasteiger partial charge in [-0.3, -0.25) is 4.79 Å². The Morgan fingerprint density at radius 3 is 1.89 bits per heavy atom. The molecule has 3 nitrogen and oxygen atoms in total. The number of amides is 1. The van der Waals surface area contributed by atoms with Crippen LogP contribution in [0, 0.1) is 0 Å². The summed E-state index contributed by atoms with van der Waals surface area (Å²) in [4.78, 5) is 10.1. The third-order valence-corrected chi connectivity index (χ3v) is 0.860. The van der Waals surface area contributed by atoms with Gasteiger partial charge in [0.05, 0.1) is 6.04 Å². The molecule has 5 heteroatoms. The van der Waals surface area contributed by atoms with Crippen molar-refractivity contribution in [2.75, 3.05) is 7.05 Å². The second-order valence-electron chi connectivity index (χ2n) is 1.41. The van der Waals surface area contributed by atoms with Gasteiger partial charge in [0.25, 0.3) is 0 Å². The second-order valence-corrected chi connectivity index (χ2v) is 1.41. The number of carbonyl (C=O) groups excluding carboxylic acids is 1. The average Bonchev–Trinajstić information content (AvgIpc) is 1.65. The standard InChI is InChI=1S/C4H10N2O.2ClH/c1-3(6-2)4(5)7;;/h3,6H,1-2H3,(H2,5,7);2*1H/t3-;;/m0../s1. The van der Waals surface area contributed by atoms with Gasteiger partial charge < -0.3 is 11.1 Å². The van der Waals surface area contributed by atoms with E-state index in [2.05, 4.69) is 5.32 Å². The van der Waals surface area contributed by atoms with E-state index in [1.807, 2.05) is 0 Å². The predicted molar refractivity (Wildman–Crippen MR) is 42.2 cm³/mol. The summed E-state index contributed by atoms with van der Waals surface area (Å²) in [5, 5.41) is 2.69. The van der Waals surface area contributed by atoms with E-state index in [4.69, 9.17) is 5.73 Å². The van der Waals surface area contributed by atoms with Crippen LogP contribution in [0.5, 0.6) is 0 Å². The number of hydrogen-bond acceptors (Lipinski definition) is 2. The van der Waals surface area contributed by atoms with Gasteiger partial charge in [0.2, 0.25) is 5.91 Å². The molecule has 0 aliphatic heterocycles. The highest BCUT2D eigenvalue weighted by Gasteiger charge is 2.01. The molecule has 3 N–H and O–H groups in total. The summed E-state index contributed by atoms with van der Waals surface area (Å²) in [5.41, 5.74) is 4.85. The maximum absolute atomic E-state index is 10.1. The first-order valence-electron chi connectivity index (χ1n) is 2.15. The topological polar surface area (TPSA) is 55.1 Å². The van der Waals surface area contributed by atoms with Gasteiger partial charge in [0, 0.05) is 0 Å². The smallest absolute Gasteiger partial charge is 0.234 e. The summed E-state index contributed by atoms with van der Waals surface area (Å²) < 4.78 is 0. The highest BCUT2D eigenvalue weighted by molar-refractivity contribution is 5.85. The Labute approximate surface area is 67.2 Å². The molecule has 0 aliphatic rings. The zero-order valence-corrected chi connectivity index (χ0v) is 7.01. The minimum Gasteiger partial charge on any atom is -0.368 e. The van der Waals surface area contributed by atoms with Crippen LogP contribution < -0.4 is 11.1 Å². The Bertz CT molecular complexity index is 79.0. The normalized spacial score (nSPS) is 10.4. The molecule has 9 heavy (non-hydrogen) atoms. The first-order valence-corrected chi connectivity index (χ1v) is 2.15. The van der Waals surface area contributed by atoms with Gasteiger partial charge >= 0.3 is 0 Å². The molecule has 1 atom stereocenters. The molecule has 0 heterocycles. The third-order valence-electron chi connectivity index (χ3n) is 0.860. The first-order chi connectivity index (χ1) is 3.18. The molecule has 0 bridgehead atoms. The van der Waals surface area contributed by atoms with Crippen LogP contribution in [0.1, 0.15) is 6.92 Å². The zero-order chi connectivity index (χ0) is 5.86. The minimum atomic E-state index is -0.317. The Hall–Kier alpha value is 0.01000. The summed E-state index contributed by atoms with van der Waals surface area (Å²) in [6, 6.07) is -0.208. The van der Waals surface area contributed by atoms with Crippen molar-refractivity contribution in [2.45, 2.75) is 13.0 Å². The number of rotatable bonds is 2. The lowest BCUT2D eigenvalue weighted by Gasteiger charge is -2.01. The summed E-state index contributed by atoms with van der Waals surface area (Å²) in [6.45, 7) is 1.71. The van der Waals surface area contributed by atoms with Crippen LogP contribution in [-0.2, 0) is 4.79 Å². The van der Waals surface area contributed by atoms with E-state index in [0.717, 1.165) is 0 Å². The fraction of sp³-hybridized carbons (Fsp3) is 0.750. The van der Waals surface area contributed by atoms with E-state index in [9.17, 15) is 4.79 Å². The van der Waals surface area contributed by atoms with Gasteiger partial charge in [0.15, 0.2) is 0 Å². The van der Waals surface area contributed by atoms with Crippen molar-refractivity contribution in [2.24, 2.45) is 5.73 Å². The molecule has 0 unspecified atom stereocenters. The molecule has 0 aromatic carbocycles. The fourth-order valence-corrected chi connectivity index (χ4v) is 0.142. The Morgan fingerprint density at radius 1 is 1.56 bits per heavy atom. The van der Waals surface area contributed by atoms with Crippen molar-refractivity contribution in [3.8, 4) is 0 Å². The molecule has 0 radical (unpaired) electrons. The molecule has 0 fully saturated rings. The van der Waals surface area contributed by atoms with Crippen LogP contribution in [0.3, 0.4) is 0 Å². The van der Waals surface area contributed by atoms with Gasteiger partial charge in [-0.2, -0.15) is 0 Å². The van der Waals surface area contributed by atoms with Gasteiger partial charge in [-0.05, 0) is 14.0 Å². The predicted octanol–water partition coefficient (Wildman–Crippen LogP) is -0.0768. The second kappa shape index (κ2) is 8.01. The van der Waals surface area contributed by atoms with Crippen molar-refractivity contribution >= 4 is 30.7 Å². The SMILES string of the molecule is CN[C@@H](C)C(N)=O.Cl.Cl. The highest BCUT2D eigenvalue weighted by atomic mass is 35.5. The molecule has 1 amide bonds. The Morgan fingerprint density at radius 2 is 1.89 bits per heavy atom. The van der Waals surface area contributed by atoms with E-state index < -0.39 is 0 Å². The molecule has 0 saturated carbocycles. The largest absolute Gasteiger partial charge is 0.368 e. The molecule has 58 valence electrons. The first kappa shape index (κ1) is 16.0. The van der Waals surface area contributed by atoms with Crippen molar-refractivity contribution in [3.63, 3.8) is 0 Å². The van der Waals surface area contributed by atoms with E-state index >= 15 is 0 Å². The zero-order valence-electron chi connectivity index (χ0n) is 5.38. The van der Waals surface area contributed by atoms with Crippen LogP contribution in [-0.4, -0.2) is 19.0 Å². The summed E-state index contributed by atoms with van der Waals surface area (Å²) in [7, 11) is 1.69. The number of hydrogen-bond donors (Lipinski definition) is 2. The van der Waals surface area contributed by atoms with Crippen LogP contribution in [0.2, 0.25) is 0 Å². The van der Waals surface area contributed by atoms with Crippen molar-refractivity contribution < 1.29 is 4.79 Å². The van der Waals surface area contributed by atoms with Crippen molar-refractivity contribution in [1.29, 1.82) is 0 Å². The van der Waals surface area contributed by atoms with E-state index in [1.54, 1.807) is 14.0 Å². The summed E-state index contributed by atoms with van der Waals surface area (Å²) in [6.07, 6.45) is 0. The molecule has 0 spiro atoms. The van der Waals surface area contributed by atoms with Gasteiger partial charge in [-0.25, -0.2) is 0 Å². The molecule has 0 saturated heterocycles. The minimum absolute atomic E-state index is 0. The van der Waals surface area contributed by atoms with Crippen LogP contribution in [0.15, 0.2) is 0 Å². The Kier molecular flexibility index (Phi) is 14.2. The summed E-state index contributed by atoms with van der Waals surface area (Å²) >= 11 is 0. The monoisotopic (exact) mass is 174 g/mol. The highest BCUT2D eigenvalue weighted by Crippen LogP contribution is 1.71. The average molecular weight is 175 g/mol. The Balaban J connectivity index is -0.000000180. The third kappa shape index (κ3) is 8.01. The molecule has 0 aliphatic carbocycles. The van der Waals surface area contributed by atoms with E-state index in [1.165, 1.54) is 0 Å². The summed E-state index contributed by atoms with van der Waals surface area (Å²) in [5.74, 6) is -0.317. The number of halogens is 2. The molecule has 0 rings (SSSR count). The molecular formula is C4H12Cl2N2O. The van der Waals surface area contributed by atoms with Crippen LogP contribution >= 0.6 is 24.8 Å². The lowest BCUT2D eigenvalue weighted by molar-refractivity contribution is -0.119. The maximum atomic E-state index is 10.1. The van der Waals surface area contributed by atoms with Crippen molar-refractivity contribution in [3.05, 3.63) is 0 Å². The van der Waals surface area contributed by atoms with E-state index in [-0.39, 0.29) is 36.8 Å². The van der Waals surface area contributed by atoms with Crippen LogP contribution in [0.4, 0.5) is 0 Å². The number of nitrogens with two attached hydrogens (primary N) is 1. The number of primary amides is 1. The van der Waals surface area contributed by atoms with Gasteiger partial charge in [0.1, 0.15) is 0 Å². The number of nitrogens with one attached hydrogen (secondary N) is 1. The quantitative estimate of drug-likeness (QED) is 0.616. The lowest BCUT2D eigenvalue weighted by atomic mass is 10.3. The number of likely N-dealkylation sites (N-methyl/N-ethyl adjacent to an activating group) is 1. The van der Waals surface area contributed by atoms with Crippen molar-refractivity contribution in [1.82, 2.24) is 5.32 Å². The van der Waals surface area contributed by atoms with Gasteiger partial charge in [-0.1, -0.05) is 0 Å². The molecular weight excluding hydrogens is 163 g/mol. The number of carbonyl (C=O) groups is 1. The molecule has 0 aromatic rings. The fourth-order valence-electron chi connectivity index (χ4n) is 0.142. The molecule has 0 aromatic heterocycles.